The molecule has 1 aliphatic rings. The number of carboxylic acids is 1. The number of aromatic nitrogens is 1. The number of amides is 1. The van der Waals surface area contributed by atoms with E-state index in [0.29, 0.717) is 6.42 Å². The zero-order chi connectivity index (χ0) is 13.3. The van der Waals surface area contributed by atoms with Gasteiger partial charge in [-0.05, 0) is 19.8 Å². The first kappa shape index (κ1) is 13.0. The molecule has 1 aromatic rings. The van der Waals surface area contributed by atoms with Gasteiger partial charge < -0.3 is 10.4 Å². The lowest BCUT2D eigenvalue weighted by Crippen LogP contribution is -2.30. The van der Waals surface area contributed by atoms with E-state index in [1.54, 1.807) is 17.5 Å². The van der Waals surface area contributed by atoms with Gasteiger partial charge in [0.25, 0.3) is 0 Å². The van der Waals surface area contributed by atoms with Crippen LogP contribution in [0.3, 0.4) is 0 Å². The number of aliphatic carboxylic acids is 1. The number of nitrogens with zero attached hydrogens (tertiary/aromatic N) is 1. The van der Waals surface area contributed by atoms with Crippen LogP contribution in [0.1, 0.15) is 35.7 Å². The highest BCUT2D eigenvalue weighted by Gasteiger charge is 2.48. The van der Waals surface area contributed by atoms with Gasteiger partial charge >= 0.3 is 5.97 Å². The van der Waals surface area contributed by atoms with Crippen molar-refractivity contribution in [2.75, 3.05) is 0 Å². The van der Waals surface area contributed by atoms with Gasteiger partial charge in [-0.3, -0.25) is 9.59 Å². The summed E-state index contributed by atoms with van der Waals surface area (Å²) >= 11 is 1.56. The molecule has 98 valence electrons. The molecule has 0 bridgehead atoms. The van der Waals surface area contributed by atoms with Crippen molar-refractivity contribution in [2.24, 2.45) is 11.8 Å². The summed E-state index contributed by atoms with van der Waals surface area (Å²) in [5, 5.41) is 12.6. The van der Waals surface area contributed by atoms with Crippen LogP contribution in [0.25, 0.3) is 0 Å². The molecular formula is C12H16N2O3S. The summed E-state index contributed by atoms with van der Waals surface area (Å²) in [5.41, 5.74) is 0. The standard InChI is InChI=1S/C12H16N2O3S/c1-3-9(11-13-5-6(2)18-11)14-10(15)7-4-8(7)12(16)17/h5,7-9H,3-4H2,1-2H3,(H,14,15)(H,16,17)/t7-,8-,9-/m0/s1. The number of carboxylic acid groups (broad SMARTS) is 1. The SMILES string of the molecule is CC[C@H](NC(=O)[C@H]1C[C@@H]1C(=O)O)c1ncc(C)s1. The summed E-state index contributed by atoms with van der Waals surface area (Å²) in [5.74, 6) is -1.91. The van der Waals surface area contributed by atoms with Crippen LogP contribution in [0.4, 0.5) is 0 Å². The summed E-state index contributed by atoms with van der Waals surface area (Å²) in [6.45, 7) is 3.94. The molecule has 0 spiro atoms. The normalized spacial score (nSPS) is 23.4. The fraction of sp³-hybridized carbons (Fsp3) is 0.583. The molecule has 1 fully saturated rings. The maximum atomic E-state index is 11.9. The van der Waals surface area contributed by atoms with Gasteiger partial charge in [0, 0.05) is 11.1 Å². The van der Waals surface area contributed by atoms with E-state index < -0.39 is 11.9 Å². The van der Waals surface area contributed by atoms with Gasteiger partial charge in [0.05, 0.1) is 17.9 Å². The second-order valence-electron chi connectivity index (χ2n) is 4.57. The topological polar surface area (TPSA) is 79.3 Å². The number of carbonyl (C=O) groups excluding carboxylic acids is 1. The molecule has 0 aromatic carbocycles. The maximum Gasteiger partial charge on any atom is 0.307 e. The molecule has 2 rings (SSSR count). The van der Waals surface area contributed by atoms with Crippen molar-refractivity contribution in [2.45, 2.75) is 32.7 Å². The highest BCUT2D eigenvalue weighted by Crippen LogP contribution is 2.39. The number of thiazole rings is 1. The Labute approximate surface area is 109 Å². The van der Waals surface area contributed by atoms with Gasteiger partial charge in [-0.1, -0.05) is 6.92 Å². The number of nitrogens with one attached hydrogen (secondary N) is 1. The van der Waals surface area contributed by atoms with E-state index >= 15 is 0 Å². The van der Waals surface area contributed by atoms with Gasteiger partial charge in [0.15, 0.2) is 0 Å². The minimum atomic E-state index is -0.881. The van der Waals surface area contributed by atoms with Gasteiger partial charge in [-0.25, -0.2) is 4.98 Å². The number of rotatable bonds is 5. The first-order valence-corrected chi connectivity index (χ1v) is 6.80. The van der Waals surface area contributed by atoms with E-state index in [1.807, 2.05) is 13.8 Å². The summed E-state index contributed by atoms with van der Waals surface area (Å²) in [6, 6.07) is -0.105. The molecule has 0 aliphatic heterocycles. The van der Waals surface area contributed by atoms with E-state index in [2.05, 4.69) is 10.3 Å². The zero-order valence-corrected chi connectivity index (χ0v) is 11.2. The molecule has 1 aromatic heterocycles. The molecule has 18 heavy (non-hydrogen) atoms. The summed E-state index contributed by atoms with van der Waals surface area (Å²) in [6.07, 6.45) is 2.99. The lowest BCUT2D eigenvalue weighted by Gasteiger charge is -2.14. The minimum Gasteiger partial charge on any atom is -0.481 e. The Bertz CT molecular complexity index is 472. The predicted molar refractivity (Wildman–Crippen MR) is 67.3 cm³/mol. The van der Waals surface area contributed by atoms with Crippen molar-refractivity contribution in [3.63, 3.8) is 0 Å². The first-order valence-electron chi connectivity index (χ1n) is 5.98. The fourth-order valence-corrected chi connectivity index (χ4v) is 2.82. The second kappa shape index (κ2) is 5.06. The smallest absolute Gasteiger partial charge is 0.307 e. The Balaban J connectivity index is 1.95. The molecule has 2 N–H and O–H groups in total. The van der Waals surface area contributed by atoms with Crippen LogP contribution >= 0.6 is 11.3 Å². The van der Waals surface area contributed by atoms with Crippen LogP contribution < -0.4 is 5.32 Å². The summed E-state index contributed by atoms with van der Waals surface area (Å²) < 4.78 is 0. The van der Waals surface area contributed by atoms with Crippen molar-refractivity contribution >= 4 is 23.2 Å². The highest BCUT2D eigenvalue weighted by atomic mass is 32.1. The lowest BCUT2D eigenvalue weighted by atomic mass is 10.2. The van der Waals surface area contributed by atoms with E-state index in [1.165, 1.54) is 0 Å². The molecule has 1 aliphatic carbocycles. The van der Waals surface area contributed by atoms with Gasteiger partial charge in [-0.2, -0.15) is 0 Å². The Morgan fingerprint density at radius 2 is 2.33 bits per heavy atom. The minimum absolute atomic E-state index is 0.105. The van der Waals surface area contributed by atoms with Crippen LogP contribution in [0.15, 0.2) is 6.20 Å². The monoisotopic (exact) mass is 268 g/mol. The van der Waals surface area contributed by atoms with Gasteiger partial charge in [0.1, 0.15) is 5.01 Å². The van der Waals surface area contributed by atoms with Crippen LogP contribution in [0.5, 0.6) is 0 Å². The molecular weight excluding hydrogens is 252 g/mol. The highest BCUT2D eigenvalue weighted by molar-refractivity contribution is 7.11. The molecule has 0 saturated heterocycles. The Morgan fingerprint density at radius 3 is 2.78 bits per heavy atom. The van der Waals surface area contributed by atoms with Crippen LogP contribution in [-0.2, 0) is 9.59 Å². The summed E-state index contributed by atoms with van der Waals surface area (Å²) in [4.78, 5) is 28.0. The average molecular weight is 268 g/mol. The number of carbonyl (C=O) groups is 2. The van der Waals surface area contributed by atoms with Crippen molar-refractivity contribution in [1.82, 2.24) is 10.3 Å². The van der Waals surface area contributed by atoms with E-state index in [9.17, 15) is 9.59 Å². The van der Waals surface area contributed by atoms with Crippen molar-refractivity contribution in [1.29, 1.82) is 0 Å². The van der Waals surface area contributed by atoms with Crippen molar-refractivity contribution < 1.29 is 14.7 Å². The Hall–Kier alpha value is -1.43. The molecule has 1 amide bonds. The quantitative estimate of drug-likeness (QED) is 0.852. The molecule has 3 atom stereocenters. The van der Waals surface area contributed by atoms with Gasteiger partial charge in [-0.15, -0.1) is 11.3 Å². The second-order valence-corrected chi connectivity index (χ2v) is 5.83. The number of hydrogen-bond donors (Lipinski definition) is 2. The predicted octanol–water partition coefficient (Wildman–Crippen LogP) is 1.74. The van der Waals surface area contributed by atoms with Gasteiger partial charge in [0.2, 0.25) is 5.91 Å². The number of hydrogen-bond acceptors (Lipinski definition) is 4. The Kier molecular flexibility index (Phi) is 3.65. The van der Waals surface area contributed by atoms with E-state index in [4.69, 9.17) is 5.11 Å². The fourth-order valence-electron chi connectivity index (χ4n) is 1.91. The summed E-state index contributed by atoms with van der Waals surface area (Å²) in [7, 11) is 0. The third-order valence-corrected chi connectivity index (χ3v) is 4.13. The molecule has 1 saturated carbocycles. The first-order chi connectivity index (χ1) is 8.52. The van der Waals surface area contributed by atoms with Crippen LogP contribution in [0, 0.1) is 18.8 Å². The van der Waals surface area contributed by atoms with Crippen LogP contribution in [-0.4, -0.2) is 22.0 Å². The average Bonchev–Trinajstić information content (AvgIpc) is 3.03. The Morgan fingerprint density at radius 1 is 1.61 bits per heavy atom. The van der Waals surface area contributed by atoms with Crippen LogP contribution in [0.2, 0.25) is 0 Å². The largest absolute Gasteiger partial charge is 0.481 e. The lowest BCUT2D eigenvalue weighted by molar-refractivity contribution is -0.140. The van der Waals surface area contributed by atoms with Crippen molar-refractivity contribution in [3.8, 4) is 0 Å². The number of aryl methyl sites for hydroxylation is 1. The zero-order valence-electron chi connectivity index (χ0n) is 10.3. The van der Waals surface area contributed by atoms with E-state index in [0.717, 1.165) is 16.3 Å². The molecule has 6 heteroatoms. The van der Waals surface area contributed by atoms with Crippen molar-refractivity contribution in [3.05, 3.63) is 16.1 Å². The molecule has 5 nitrogen and oxygen atoms in total. The molecule has 1 heterocycles. The molecule has 0 unspecified atom stereocenters. The maximum absolute atomic E-state index is 11.9. The molecule has 0 radical (unpaired) electrons. The van der Waals surface area contributed by atoms with E-state index in [-0.39, 0.29) is 17.9 Å². The third-order valence-electron chi connectivity index (χ3n) is 3.11. The third kappa shape index (κ3) is 2.69.